The van der Waals surface area contributed by atoms with Crippen LogP contribution in [0.25, 0.3) is 0 Å². The molecule has 0 amide bonds. The minimum absolute atomic E-state index is 0.0154. The number of hydrogen-bond acceptors (Lipinski definition) is 3. The maximum atomic E-state index is 12.4. The van der Waals surface area contributed by atoms with Crippen molar-refractivity contribution in [1.82, 2.24) is 0 Å². The third-order valence-corrected chi connectivity index (χ3v) is 6.83. The largest absolute Gasteiger partial charge is 0.481 e. The summed E-state index contributed by atoms with van der Waals surface area (Å²) in [6, 6.07) is 0. The smallest absolute Gasteiger partial charge is 0.306 e. The number of carboxylic acid groups (broad SMARTS) is 1. The van der Waals surface area contributed by atoms with E-state index in [0.29, 0.717) is 6.42 Å². The average molecular weight is 483 g/mol. The third-order valence-electron chi connectivity index (χ3n) is 6.83. The lowest BCUT2D eigenvalue weighted by Gasteiger charge is -2.18. The standard InChI is InChI=1S/C30H58O4/c1-3-5-7-9-11-13-15-17-23-27-30(33)34-28(25-21-18-19-22-26-29(31)32)24-20-16-14-12-10-8-6-4-2/h28H,3-27H2,1-2H3,(H,31,32). The molecule has 0 aliphatic carbocycles. The Bertz CT molecular complexity index is 449. The van der Waals surface area contributed by atoms with E-state index >= 15 is 0 Å². The van der Waals surface area contributed by atoms with E-state index in [-0.39, 0.29) is 18.5 Å². The van der Waals surface area contributed by atoms with Gasteiger partial charge in [-0.2, -0.15) is 0 Å². The van der Waals surface area contributed by atoms with Gasteiger partial charge in [-0.1, -0.05) is 123 Å². The van der Waals surface area contributed by atoms with Gasteiger partial charge in [0.25, 0.3) is 0 Å². The van der Waals surface area contributed by atoms with E-state index in [0.717, 1.165) is 57.8 Å². The van der Waals surface area contributed by atoms with Crippen molar-refractivity contribution in [3.63, 3.8) is 0 Å². The summed E-state index contributed by atoms with van der Waals surface area (Å²) in [6.45, 7) is 4.50. The Hall–Kier alpha value is -1.06. The van der Waals surface area contributed by atoms with E-state index in [1.54, 1.807) is 0 Å². The van der Waals surface area contributed by atoms with Crippen LogP contribution in [-0.2, 0) is 14.3 Å². The zero-order valence-electron chi connectivity index (χ0n) is 22.9. The highest BCUT2D eigenvalue weighted by molar-refractivity contribution is 5.69. The van der Waals surface area contributed by atoms with Gasteiger partial charge in [0.2, 0.25) is 0 Å². The Morgan fingerprint density at radius 2 is 0.882 bits per heavy atom. The molecule has 0 saturated carbocycles. The fourth-order valence-electron chi connectivity index (χ4n) is 4.59. The molecule has 0 rings (SSSR count). The first-order chi connectivity index (χ1) is 16.6. The van der Waals surface area contributed by atoms with Crippen molar-refractivity contribution >= 4 is 11.9 Å². The Kier molecular flexibility index (Phi) is 25.7. The highest BCUT2D eigenvalue weighted by Gasteiger charge is 2.14. The Morgan fingerprint density at radius 3 is 1.29 bits per heavy atom. The Labute approximate surface area is 212 Å². The SMILES string of the molecule is CCCCCCCCCCCC(=O)OC(CCCCCCCCCC)CCCCCCC(=O)O. The minimum Gasteiger partial charge on any atom is -0.481 e. The van der Waals surface area contributed by atoms with Gasteiger partial charge in [-0.3, -0.25) is 9.59 Å². The van der Waals surface area contributed by atoms with Crippen molar-refractivity contribution in [1.29, 1.82) is 0 Å². The maximum absolute atomic E-state index is 12.4. The number of rotatable bonds is 27. The topological polar surface area (TPSA) is 63.6 Å². The van der Waals surface area contributed by atoms with Crippen LogP contribution in [0.15, 0.2) is 0 Å². The summed E-state index contributed by atoms with van der Waals surface area (Å²) >= 11 is 0. The molecule has 0 bridgehead atoms. The van der Waals surface area contributed by atoms with Crippen molar-refractivity contribution in [2.45, 2.75) is 180 Å². The molecule has 0 aromatic heterocycles. The van der Waals surface area contributed by atoms with Gasteiger partial charge in [0.15, 0.2) is 0 Å². The van der Waals surface area contributed by atoms with Gasteiger partial charge in [-0.05, 0) is 38.5 Å². The van der Waals surface area contributed by atoms with Crippen LogP contribution in [0.3, 0.4) is 0 Å². The Balaban J connectivity index is 4.03. The van der Waals surface area contributed by atoms with Gasteiger partial charge in [0.1, 0.15) is 6.10 Å². The molecule has 0 radical (unpaired) electrons. The van der Waals surface area contributed by atoms with Crippen LogP contribution in [0, 0.1) is 0 Å². The molecule has 4 nitrogen and oxygen atoms in total. The van der Waals surface area contributed by atoms with Crippen LogP contribution in [0.4, 0.5) is 0 Å². The first-order valence-corrected chi connectivity index (χ1v) is 15.0. The highest BCUT2D eigenvalue weighted by Crippen LogP contribution is 2.18. The third kappa shape index (κ3) is 25.6. The zero-order valence-corrected chi connectivity index (χ0v) is 22.9. The second-order valence-corrected chi connectivity index (χ2v) is 10.3. The number of carbonyl (C=O) groups excluding carboxylic acids is 1. The summed E-state index contributed by atoms with van der Waals surface area (Å²) in [6.07, 6.45) is 28.2. The molecule has 0 aliphatic rings. The molecule has 202 valence electrons. The minimum atomic E-state index is -0.710. The van der Waals surface area contributed by atoms with Crippen molar-refractivity contribution in [2.24, 2.45) is 0 Å². The second kappa shape index (κ2) is 26.5. The van der Waals surface area contributed by atoms with E-state index in [9.17, 15) is 9.59 Å². The molecular weight excluding hydrogens is 424 g/mol. The van der Waals surface area contributed by atoms with Gasteiger partial charge < -0.3 is 9.84 Å². The van der Waals surface area contributed by atoms with Gasteiger partial charge >= 0.3 is 11.9 Å². The molecule has 1 atom stereocenters. The van der Waals surface area contributed by atoms with E-state index in [2.05, 4.69) is 13.8 Å². The van der Waals surface area contributed by atoms with Crippen LogP contribution < -0.4 is 0 Å². The second-order valence-electron chi connectivity index (χ2n) is 10.3. The number of carboxylic acids is 1. The summed E-state index contributed by atoms with van der Waals surface area (Å²) in [7, 11) is 0. The van der Waals surface area contributed by atoms with Crippen LogP contribution in [-0.4, -0.2) is 23.1 Å². The van der Waals surface area contributed by atoms with Crippen molar-refractivity contribution in [2.75, 3.05) is 0 Å². The summed E-state index contributed by atoms with van der Waals surface area (Å²) < 4.78 is 5.89. The average Bonchev–Trinajstić information content (AvgIpc) is 2.81. The van der Waals surface area contributed by atoms with Crippen LogP contribution in [0.2, 0.25) is 0 Å². The number of carbonyl (C=O) groups is 2. The summed E-state index contributed by atoms with van der Waals surface area (Å²) in [5.41, 5.74) is 0. The monoisotopic (exact) mass is 482 g/mol. The summed E-state index contributed by atoms with van der Waals surface area (Å²) in [5, 5.41) is 8.76. The van der Waals surface area contributed by atoms with Gasteiger partial charge in [-0.15, -0.1) is 0 Å². The van der Waals surface area contributed by atoms with Crippen LogP contribution in [0.5, 0.6) is 0 Å². The first-order valence-electron chi connectivity index (χ1n) is 15.0. The maximum Gasteiger partial charge on any atom is 0.306 e. The lowest BCUT2D eigenvalue weighted by atomic mass is 10.0. The van der Waals surface area contributed by atoms with Crippen LogP contribution in [0.1, 0.15) is 174 Å². The molecule has 1 N–H and O–H groups in total. The molecule has 0 aromatic carbocycles. The van der Waals surface area contributed by atoms with Crippen molar-refractivity contribution in [3.8, 4) is 0 Å². The number of ether oxygens (including phenoxy) is 1. The number of aliphatic carboxylic acids is 1. The molecule has 0 aliphatic heterocycles. The molecule has 0 fully saturated rings. The molecule has 0 heterocycles. The Morgan fingerprint density at radius 1 is 0.529 bits per heavy atom. The zero-order chi connectivity index (χ0) is 25.1. The highest BCUT2D eigenvalue weighted by atomic mass is 16.5. The summed E-state index contributed by atoms with van der Waals surface area (Å²) in [4.78, 5) is 23.1. The molecule has 34 heavy (non-hydrogen) atoms. The number of esters is 1. The van der Waals surface area contributed by atoms with E-state index in [1.165, 1.54) is 89.9 Å². The molecular formula is C30H58O4. The quantitative estimate of drug-likeness (QED) is 0.0934. The van der Waals surface area contributed by atoms with Gasteiger partial charge in [0, 0.05) is 12.8 Å². The first kappa shape index (κ1) is 32.9. The molecule has 0 spiro atoms. The lowest BCUT2D eigenvalue weighted by molar-refractivity contribution is -0.150. The number of hydrogen-bond donors (Lipinski definition) is 1. The van der Waals surface area contributed by atoms with Gasteiger partial charge in [0.05, 0.1) is 0 Å². The molecule has 0 saturated heterocycles. The van der Waals surface area contributed by atoms with Gasteiger partial charge in [-0.25, -0.2) is 0 Å². The fraction of sp³-hybridized carbons (Fsp3) is 0.933. The van der Waals surface area contributed by atoms with E-state index < -0.39 is 5.97 Å². The van der Waals surface area contributed by atoms with Crippen molar-refractivity contribution in [3.05, 3.63) is 0 Å². The van der Waals surface area contributed by atoms with Crippen LogP contribution >= 0.6 is 0 Å². The normalized spacial score (nSPS) is 12.1. The molecule has 4 heteroatoms. The lowest BCUT2D eigenvalue weighted by Crippen LogP contribution is -2.18. The van der Waals surface area contributed by atoms with E-state index in [4.69, 9.17) is 9.84 Å². The fourth-order valence-corrected chi connectivity index (χ4v) is 4.59. The molecule has 1 unspecified atom stereocenters. The predicted molar refractivity (Wildman–Crippen MR) is 144 cm³/mol. The van der Waals surface area contributed by atoms with E-state index in [1.807, 2.05) is 0 Å². The van der Waals surface area contributed by atoms with Crippen molar-refractivity contribution < 1.29 is 19.4 Å². The predicted octanol–water partition coefficient (Wildman–Crippen LogP) is 9.78. The molecule has 0 aromatic rings. The summed E-state index contributed by atoms with van der Waals surface area (Å²) in [5.74, 6) is -0.726. The number of unbranched alkanes of at least 4 members (excludes halogenated alkanes) is 18.